The quantitative estimate of drug-likeness (QED) is 0.763. The fourth-order valence-corrected chi connectivity index (χ4v) is 3.35. The van der Waals surface area contributed by atoms with E-state index in [1.807, 2.05) is 25.1 Å². The maximum absolute atomic E-state index is 10.4. The minimum atomic E-state index is -0.396. The molecule has 1 spiro atoms. The molecule has 2 aliphatic heterocycles. The Kier molecular flexibility index (Phi) is 2.65. The van der Waals surface area contributed by atoms with Crippen LogP contribution in [-0.4, -0.2) is 35.2 Å². The van der Waals surface area contributed by atoms with E-state index in [-0.39, 0.29) is 5.60 Å². The topological polar surface area (TPSA) is 32.7 Å². The Labute approximate surface area is 108 Å². The lowest BCUT2D eigenvalue weighted by Gasteiger charge is -2.38. The summed E-state index contributed by atoms with van der Waals surface area (Å²) in [7, 11) is 2.12. The molecule has 1 saturated heterocycles. The molecular formula is C15H21NO2. The van der Waals surface area contributed by atoms with Gasteiger partial charge in [-0.15, -0.1) is 0 Å². The predicted octanol–water partition coefficient (Wildman–Crippen LogP) is 2.27. The molecule has 0 bridgehead atoms. The van der Waals surface area contributed by atoms with Crippen molar-refractivity contribution in [2.24, 2.45) is 0 Å². The average Bonchev–Trinajstić information content (AvgIpc) is 2.55. The zero-order valence-electron chi connectivity index (χ0n) is 11.3. The van der Waals surface area contributed by atoms with Crippen LogP contribution >= 0.6 is 0 Å². The second kappa shape index (κ2) is 3.97. The highest BCUT2D eigenvalue weighted by atomic mass is 16.5. The van der Waals surface area contributed by atoms with E-state index in [4.69, 9.17) is 4.74 Å². The van der Waals surface area contributed by atoms with Gasteiger partial charge in [-0.2, -0.15) is 0 Å². The van der Waals surface area contributed by atoms with Gasteiger partial charge in [0.15, 0.2) is 0 Å². The monoisotopic (exact) mass is 247 g/mol. The van der Waals surface area contributed by atoms with Gasteiger partial charge in [-0.3, -0.25) is 4.90 Å². The lowest BCUT2D eigenvalue weighted by Crippen LogP contribution is -2.43. The first kappa shape index (κ1) is 12.0. The zero-order valence-corrected chi connectivity index (χ0v) is 11.3. The number of likely N-dealkylation sites (tertiary alicyclic amines) is 1. The molecule has 0 aromatic heterocycles. The summed E-state index contributed by atoms with van der Waals surface area (Å²) in [4.78, 5) is 2.31. The van der Waals surface area contributed by atoms with E-state index < -0.39 is 6.10 Å². The molecular weight excluding hydrogens is 226 g/mol. The largest absolute Gasteiger partial charge is 0.485 e. The Morgan fingerprint density at radius 2 is 2.17 bits per heavy atom. The van der Waals surface area contributed by atoms with Crippen LogP contribution in [0.2, 0.25) is 0 Å². The summed E-state index contributed by atoms with van der Waals surface area (Å²) in [6.45, 7) is 5.16. The van der Waals surface area contributed by atoms with Crippen LogP contribution < -0.4 is 4.74 Å². The Morgan fingerprint density at radius 3 is 2.83 bits per heavy atom. The van der Waals surface area contributed by atoms with E-state index in [2.05, 4.69) is 18.9 Å². The number of benzene rings is 1. The van der Waals surface area contributed by atoms with Gasteiger partial charge >= 0.3 is 0 Å². The highest BCUT2D eigenvalue weighted by Crippen LogP contribution is 2.45. The standard InChI is InChI=1S/C15H21NO2/c1-10-4-5-14-12(6-10)13(17)8-15(18-14)7-11(2)16(3)9-15/h4-6,11,13,17H,7-9H2,1-3H3/t11?,13-,15?/m1/s1. The van der Waals surface area contributed by atoms with Gasteiger partial charge in [0.25, 0.3) is 0 Å². The maximum atomic E-state index is 10.4. The van der Waals surface area contributed by atoms with Crippen LogP contribution in [0.3, 0.4) is 0 Å². The molecule has 1 N–H and O–H groups in total. The van der Waals surface area contributed by atoms with Crippen molar-refractivity contribution in [2.75, 3.05) is 13.6 Å². The first-order chi connectivity index (χ1) is 8.49. The Balaban J connectivity index is 1.95. The highest BCUT2D eigenvalue weighted by Gasteiger charge is 2.47. The molecule has 18 heavy (non-hydrogen) atoms. The second-order valence-corrected chi connectivity index (χ2v) is 6.01. The van der Waals surface area contributed by atoms with Gasteiger partial charge in [0.2, 0.25) is 0 Å². The number of hydrogen-bond acceptors (Lipinski definition) is 3. The number of aryl methyl sites for hydroxylation is 1. The molecule has 3 rings (SSSR count). The van der Waals surface area contributed by atoms with Crippen LogP contribution in [0.5, 0.6) is 5.75 Å². The summed E-state index contributed by atoms with van der Waals surface area (Å²) < 4.78 is 6.24. The van der Waals surface area contributed by atoms with Crippen LogP contribution in [-0.2, 0) is 0 Å². The summed E-state index contributed by atoms with van der Waals surface area (Å²) >= 11 is 0. The van der Waals surface area contributed by atoms with Crippen LogP contribution in [0.1, 0.15) is 37.0 Å². The van der Waals surface area contributed by atoms with Gasteiger partial charge in [0.05, 0.1) is 6.10 Å². The summed E-state index contributed by atoms with van der Waals surface area (Å²) in [5.74, 6) is 0.863. The number of hydrogen-bond donors (Lipinski definition) is 1. The third-order valence-corrected chi connectivity index (χ3v) is 4.37. The van der Waals surface area contributed by atoms with Crippen molar-refractivity contribution in [3.05, 3.63) is 29.3 Å². The first-order valence-electron chi connectivity index (χ1n) is 6.67. The second-order valence-electron chi connectivity index (χ2n) is 6.01. The van der Waals surface area contributed by atoms with Crippen LogP contribution in [0.25, 0.3) is 0 Å². The minimum Gasteiger partial charge on any atom is -0.485 e. The summed E-state index contributed by atoms with van der Waals surface area (Å²) in [6.07, 6.45) is 1.30. The SMILES string of the molecule is Cc1ccc2c(c1)[C@H](O)CC1(CC(C)N(C)C1)O2. The number of fused-ring (bicyclic) bond motifs is 1. The molecule has 1 fully saturated rings. The highest BCUT2D eigenvalue weighted by molar-refractivity contribution is 5.41. The molecule has 0 radical (unpaired) electrons. The van der Waals surface area contributed by atoms with Crippen molar-refractivity contribution in [2.45, 2.75) is 44.4 Å². The van der Waals surface area contributed by atoms with Crippen molar-refractivity contribution in [1.82, 2.24) is 4.90 Å². The molecule has 0 saturated carbocycles. The molecule has 0 aliphatic carbocycles. The van der Waals surface area contributed by atoms with E-state index in [1.165, 1.54) is 5.56 Å². The molecule has 3 heteroatoms. The van der Waals surface area contributed by atoms with E-state index >= 15 is 0 Å². The van der Waals surface area contributed by atoms with Gasteiger partial charge < -0.3 is 9.84 Å². The molecule has 3 nitrogen and oxygen atoms in total. The van der Waals surface area contributed by atoms with Crippen molar-refractivity contribution >= 4 is 0 Å². The molecule has 0 amide bonds. The third kappa shape index (κ3) is 1.82. The van der Waals surface area contributed by atoms with Gasteiger partial charge in [-0.05, 0) is 33.0 Å². The average molecular weight is 247 g/mol. The maximum Gasteiger partial charge on any atom is 0.126 e. The molecule has 98 valence electrons. The number of aliphatic hydroxyl groups is 1. The van der Waals surface area contributed by atoms with Gasteiger partial charge in [0, 0.05) is 31.0 Å². The number of rotatable bonds is 0. The van der Waals surface area contributed by atoms with Gasteiger partial charge in [0.1, 0.15) is 11.4 Å². The van der Waals surface area contributed by atoms with Crippen LogP contribution in [0.4, 0.5) is 0 Å². The fourth-order valence-electron chi connectivity index (χ4n) is 3.35. The normalized spacial score (nSPS) is 35.6. The van der Waals surface area contributed by atoms with Crippen molar-refractivity contribution < 1.29 is 9.84 Å². The third-order valence-electron chi connectivity index (χ3n) is 4.37. The van der Waals surface area contributed by atoms with Crippen LogP contribution in [0, 0.1) is 6.92 Å². The minimum absolute atomic E-state index is 0.199. The number of nitrogens with zero attached hydrogens (tertiary/aromatic N) is 1. The predicted molar refractivity (Wildman–Crippen MR) is 70.8 cm³/mol. The summed E-state index contributed by atoms with van der Waals surface area (Å²) in [5, 5.41) is 10.4. The molecule has 1 aromatic carbocycles. The number of aliphatic hydroxyl groups excluding tert-OH is 1. The van der Waals surface area contributed by atoms with E-state index in [1.54, 1.807) is 0 Å². The van der Waals surface area contributed by atoms with Crippen LogP contribution in [0.15, 0.2) is 18.2 Å². The Bertz CT molecular complexity index is 462. The molecule has 1 aromatic rings. The van der Waals surface area contributed by atoms with Crippen molar-refractivity contribution in [3.8, 4) is 5.75 Å². The fraction of sp³-hybridized carbons (Fsp3) is 0.600. The van der Waals surface area contributed by atoms with Crippen molar-refractivity contribution in [1.29, 1.82) is 0 Å². The molecule has 2 aliphatic rings. The van der Waals surface area contributed by atoms with Gasteiger partial charge in [-0.1, -0.05) is 11.6 Å². The molecule has 2 heterocycles. The summed E-state index contributed by atoms with van der Waals surface area (Å²) in [5.41, 5.74) is 1.92. The zero-order chi connectivity index (χ0) is 12.9. The Hall–Kier alpha value is -1.06. The lowest BCUT2D eigenvalue weighted by atomic mass is 9.86. The first-order valence-corrected chi connectivity index (χ1v) is 6.67. The Morgan fingerprint density at radius 1 is 1.39 bits per heavy atom. The van der Waals surface area contributed by atoms with Gasteiger partial charge in [-0.25, -0.2) is 0 Å². The smallest absolute Gasteiger partial charge is 0.126 e. The molecule has 2 unspecified atom stereocenters. The summed E-state index contributed by atoms with van der Waals surface area (Å²) in [6, 6.07) is 6.60. The number of ether oxygens (including phenoxy) is 1. The van der Waals surface area contributed by atoms with E-state index in [0.29, 0.717) is 12.5 Å². The lowest BCUT2D eigenvalue weighted by molar-refractivity contribution is -0.00612. The number of likely N-dealkylation sites (N-methyl/N-ethyl adjacent to an activating group) is 1. The van der Waals surface area contributed by atoms with E-state index in [9.17, 15) is 5.11 Å². The molecule has 3 atom stereocenters. The van der Waals surface area contributed by atoms with E-state index in [0.717, 1.165) is 24.3 Å². The van der Waals surface area contributed by atoms with Crippen molar-refractivity contribution in [3.63, 3.8) is 0 Å².